The monoisotopic (exact) mass is 419 g/mol. The minimum Gasteiger partial charge on any atom is -0.269 e. The highest BCUT2D eigenvalue weighted by atomic mass is 16.2. The van der Waals surface area contributed by atoms with Crippen LogP contribution in [0.15, 0.2) is 48.5 Å². The number of hydrogen-bond donors (Lipinski definition) is 0. The van der Waals surface area contributed by atoms with Crippen LogP contribution in [0.5, 0.6) is 0 Å². The van der Waals surface area contributed by atoms with Crippen LogP contribution in [0.1, 0.15) is 74.0 Å². The quantitative estimate of drug-likeness (QED) is 0.460. The molecular weight excluding hydrogens is 394 g/mol. The number of carbonyl (C=O) groups excluding carboxylic acids is 4. The molecule has 0 saturated carbocycles. The second kappa shape index (κ2) is 8.81. The maximum Gasteiger partial charge on any atom is 0.262 e. The lowest BCUT2D eigenvalue weighted by atomic mass is 10.1. The molecule has 4 amide bonds. The summed E-state index contributed by atoms with van der Waals surface area (Å²) in [6.07, 6.45) is 4.00. The number of imide groups is 2. The van der Waals surface area contributed by atoms with Crippen molar-refractivity contribution in [3.8, 4) is 0 Å². The van der Waals surface area contributed by atoms with E-state index in [1.165, 1.54) is 9.80 Å². The summed E-state index contributed by atoms with van der Waals surface area (Å²) in [5.74, 6) is -1.38. The van der Waals surface area contributed by atoms with E-state index in [9.17, 15) is 19.2 Å². The standard InChI is InChI=1S/C24H25N3O4/c1-2-3-4-9-14-25(15-26-21(28)17-10-5-6-11-18(17)22(26)29)16-27-23(30)19-12-7-8-13-20(19)24(27)31/h5-8,10-13H,2-4,9,14-16H2,1H3. The zero-order valence-corrected chi connectivity index (χ0v) is 17.5. The molecule has 0 radical (unpaired) electrons. The van der Waals surface area contributed by atoms with Gasteiger partial charge in [-0.1, -0.05) is 50.5 Å². The molecule has 7 heteroatoms. The van der Waals surface area contributed by atoms with Gasteiger partial charge in [0.1, 0.15) is 0 Å². The van der Waals surface area contributed by atoms with Crippen molar-refractivity contribution >= 4 is 23.6 Å². The Hall–Kier alpha value is -3.32. The lowest BCUT2D eigenvalue weighted by molar-refractivity contribution is 0.0393. The number of amides is 4. The van der Waals surface area contributed by atoms with Gasteiger partial charge < -0.3 is 0 Å². The van der Waals surface area contributed by atoms with Gasteiger partial charge in [-0.2, -0.15) is 0 Å². The van der Waals surface area contributed by atoms with Crippen LogP contribution in [0.4, 0.5) is 0 Å². The summed E-state index contributed by atoms with van der Waals surface area (Å²) in [6, 6.07) is 13.5. The average Bonchev–Trinajstić information content (AvgIpc) is 3.17. The maximum atomic E-state index is 12.8. The molecule has 0 aromatic heterocycles. The van der Waals surface area contributed by atoms with E-state index in [2.05, 4.69) is 6.92 Å². The van der Waals surface area contributed by atoms with Crippen LogP contribution in [0.3, 0.4) is 0 Å². The SMILES string of the molecule is CCCCCCN(CN1C(=O)c2ccccc2C1=O)CN1C(=O)c2ccccc2C1=O. The highest BCUT2D eigenvalue weighted by Crippen LogP contribution is 2.25. The van der Waals surface area contributed by atoms with Gasteiger partial charge in [0.15, 0.2) is 0 Å². The van der Waals surface area contributed by atoms with E-state index in [1.807, 2.05) is 4.90 Å². The van der Waals surface area contributed by atoms with Gasteiger partial charge in [0.25, 0.3) is 23.6 Å². The normalized spacial score (nSPS) is 15.3. The number of benzene rings is 2. The summed E-state index contributed by atoms with van der Waals surface area (Å²) in [6.45, 7) is 2.76. The van der Waals surface area contributed by atoms with Gasteiger partial charge >= 0.3 is 0 Å². The molecule has 160 valence electrons. The molecule has 0 fully saturated rings. The summed E-state index contributed by atoms with van der Waals surface area (Å²) in [4.78, 5) is 55.4. The second-order valence-electron chi connectivity index (χ2n) is 7.91. The average molecular weight is 419 g/mol. The molecule has 2 heterocycles. The fourth-order valence-corrected chi connectivity index (χ4v) is 4.08. The molecular formula is C24H25N3O4. The van der Waals surface area contributed by atoms with E-state index in [4.69, 9.17) is 0 Å². The fourth-order valence-electron chi connectivity index (χ4n) is 4.08. The highest BCUT2D eigenvalue weighted by molar-refractivity contribution is 6.22. The van der Waals surface area contributed by atoms with Crippen molar-refractivity contribution in [1.29, 1.82) is 0 Å². The van der Waals surface area contributed by atoms with Crippen LogP contribution >= 0.6 is 0 Å². The number of hydrogen-bond acceptors (Lipinski definition) is 5. The smallest absolute Gasteiger partial charge is 0.262 e. The molecule has 2 aliphatic heterocycles. The summed E-state index contributed by atoms with van der Waals surface area (Å²) < 4.78 is 0. The first-order valence-corrected chi connectivity index (χ1v) is 10.7. The minimum absolute atomic E-state index is 0.0336. The van der Waals surface area contributed by atoms with E-state index in [-0.39, 0.29) is 37.0 Å². The molecule has 0 atom stereocenters. The zero-order chi connectivity index (χ0) is 22.0. The topological polar surface area (TPSA) is 78.0 Å². The third-order valence-electron chi connectivity index (χ3n) is 5.77. The summed E-state index contributed by atoms with van der Waals surface area (Å²) in [7, 11) is 0. The zero-order valence-electron chi connectivity index (χ0n) is 17.5. The number of nitrogens with zero attached hydrogens (tertiary/aromatic N) is 3. The molecule has 0 N–H and O–H groups in total. The third-order valence-corrected chi connectivity index (χ3v) is 5.77. The Kier molecular flexibility index (Phi) is 5.95. The highest BCUT2D eigenvalue weighted by Gasteiger charge is 2.39. The number of fused-ring (bicyclic) bond motifs is 2. The van der Waals surface area contributed by atoms with E-state index in [1.54, 1.807) is 48.5 Å². The predicted octanol–water partition coefficient (Wildman–Crippen LogP) is 3.38. The fraction of sp³-hybridized carbons (Fsp3) is 0.333. The van der Waals surface area contributed by atoms with Crippen LogP contribution in [0, 0.1) is 0 Å². The Bertz CT molecular complexity index is 901. The summed E-state index contributed by atoms with van der Waals surface area (Å²) in [5.41, 5.74) is 1.55. The van der Waals surface area contributed by atoms with Crippen molar-refractivity contribution in [2.24, 2.45) is 0 Å². The van der Waals surface area contributed by atoms with Gasteiger partial charge in [-0.05, 0) is 30.7 Å². The Morgan fingerprint density at radius 1 is 0.613 bits per heavy atom. The predicted molar refractivity (Wildman–Crippen MR) is 114 cm³/mol. The molecule has 2 aromatic rings. The van der Waals surface area contributed by atoms with Crippen molar-refractivity contribution in [3.05, 3.63) is 70.8 Å². The molecule has 2 aromatic carbocycles. The largest absolute Gasteiger partial charge is 0.269 e. The first-order valence-electron chi connectivity index (χ1n) is 10.7. The van der Waals surface area contributed by atoms with Gasteiger partial charge in [0, 0.05) is 6.54 Å². The molecule has 31 heavy (non-hydrogen) atoms. The molecule has 0 unspecified atom stereocenters. The van der Waals surface area contributed by atoms with Crippen LogP contribution < -0.4 is 0 Å². The maximum absolute atomic E-state index is 12.8. The minimum atomic E-state index is -0.346. The van der Waals surface area contributed by atoms with Crippen molar-refractivity contribution < 1.29 is 19.2 Å². The molecule has 0 saturated heterocycles. The van der Waals surface area contributed by atoms with Gasteiger partial charge in [-0.25, -0.2) is 0 Å². The third kappa shape index (κ3) is 3.88. The second-order valence-corrected chi connectivity index (χ2v) is 7.91. The van der Waals surface area contributed by atoms with E-state index < -0.39 is 0 Å². The van der Waals surface area contributed by atoms with E-state index in [0.29, 0.717) is 28.8 Å². The van der Waals surface area contributed by atoms with Crippen LogP contribution in [-0.2, 0) is 0 Å². The number of rotatable bonds is 9. The Morgan fingerprint density at radius 2 is 1.00 bits per heavy atom. The first kappa shape index (κ1) is 20.9. The lowest BCUT2D eigenvalue weighted by Gasteiger charge is -2.29. The van der Waals surface area contributed by atoms with Crippen molar-refractivity contribution in [1.82, 2.24) is 14.7 Å². The number of unbranched alkanes of at least 4 members (excludes halogenated alkanes) is 3. The first-order chi connectivity index (χ1) is 15.0. The summed E-state index contributed by atoms with van der Waals surface area (Å²) >= 11 is 0. The molecule has 0 aliphatic carbocycles. The Labute approximate surface area is 181 Å². The molecule has 0 spiro atoms. The molecule has 4 rings (SSSR count). The van der Waals surface area contributed by atoms with Gasteiger partial charge in [-0.3, -0.25) is 33.9 Å². The Morgan fingerprint density at radius 3 is 1.35 bits per heavy atom. The van der Waals surface area contributed by atoms with Crippen LogP contribution in [0.2, 0.25) is 0 Å². The molecule has 7 nitrogen and oxygen atoms in total. The van der Waals surface area contributed by atoms with Crippen molar-refractivity contribution in [3.63, 3.8) is 0 Å². The van der Waals surface area contributed by atoms with E-state index >= 15 is 0 Å². The number of carbonyl (C=O) groups is 4. The van der Waals surface area contributed by atoms with Gasteiger partial charge in [0.05, 0.1) is 35.6 Å². The summed E-state index contributed by atoms with van der Waals surface area (Å²) in [5, 5.41) is 0. The van der Waals surface area contributed by atoms with Crippen molar-refractivity contribution in [2.75, 3.05) is 19.9 Å². The van der Waals surface area contributed by atoms with E-state index in [0.717, 1.165) is 25.7 Å². The van der Waals surface area contributed by atoms with Gasteiger partial charge in [0.2, 0.25) is 0 Å². The van der Waals surface area contributed by atoms with Crippen molar-refractivity contribution in [2.45, 2.75) is 32.6 Å². The molecule has 2 aliphatic rings. The lowest BCUT2D eigenvalue weighted by Crippen LogP contribution is -2.48. The van der Waals surface area contributed by atoms with Crippen LogP contribution in [0.25, 0.3) is 0 Å². The Balaban J connectivity index is 1.52. The molecule has 0 bridgehead atoms. The van der Waals surface area contributed by atoms with Gasteiger partial charge in [-0.15, -0.1) is 0 Å². The van der Waals surface area contributed by atoms with Crippen LogP contribution in [-0.4, -0.2) is 58.2 Å².